The quantitative estimate of drug-likeness (QED) is 0.673. The van der Waals surface area contributed by atoms with Crippen molar-refractivity contribution in [3.8, 4) is 0 Å². The third-order valence-corrected chi connectivity index (χ3v) is 4.25. The molecule has 19 heavy (non-hydrogen) atoms. The van der Waals surface area contributed by atoms with Crippen LogP contribution in [0.1, 0.15) is 32.1 Å². The highest BCUT2D eigenvalue weighted by Crippen LogP contribution is 2.28. The average Bonchev–Trinajstić information content (AvgIpc) is 2.84. The maximum atomic E-state index is 12.0. The molecule has 1 saturated carbocycles. The standard InChI is InChI=1S/C13H22N2O4/c14-13(5-6-19-8-13)12(18)15-7-9-1-3-10(4-2-9)11(16)17/h9-10H,1-8,14H2,(H,15,18)(H,16,17). The van der Waals surface area contributed by atoms with E-state index in [2.05, 4.69) is 5.32 Å². The number of carbonyl (C=O) groups is 2. The zero-order chi connectivity index (χ0) is 13.9. The van der Waals surface area contributed by atoms with Crippen LogP contribution in [0.2, 0.25) is 0 Å². The molecule has 0 aromatic carbocycles. The number of aliphatic carboxylic acids is 1. The summed E-state index contributed by atoms with van der Waals surface area (Å²) in [5, 5.41) is 11.8. The van der Waals surface area contributed by atoms with Crippen molar-refractivity contribution in [1.29, 1.82) is 0 Å². The molecule has 1 aliphatic carbocycles. The molecular formula is C13H22N2O4. The number of rotatable bonds is 4. The fourth-order valence-electron chi connectivity index (χ4n) is 2.79. The third kappa shape index (κ3) is 3.45. The van der Waals surface area contributed by atoms with Crippen molar-refractivity contribution in [3.05, 3.63) is 0 Å². The molecule has 0 aromatic rings. The lowest BCUT2D eigenvalue weighted by Gasteiger charge is -2.28. The van der Waals surface area contributed by atoms with Crippen molar-refractivity contribution in [2.75, 3.05) is 19.8 Å². The Kier molecular flexibility index (Phi) is 4.42. The van der Waals surface area contributed by atoms with Crippen LogP contribution in [0, 0.1) is 11.8 Å². The molecule has 0 radical (unpaired) electrons. The van der Waals surface area contributed by atoms with Crippen LogP contribution >= 0.6 is 0 Å². The highest BCUT2D eigenvalue weighted by Gasteiger charge is 2.38. The van der Waals surface area contributed by atoms with Crippen molar-refractivity contribution >= 4 is 11.9 Å². The van der Waals surface area contributed by atoms with Gasteiger partial charge < -0.3 is 20.9 Å². The van der Waals surface area contributed by atoms with E-state index in [0.29, 0.717) is 38.3 Å². The van der Waals surface area contributed by atoms with Gasteiger partial charge in [-0.25, -0.2) is 0 Å². The molecule has 1 saturated heterocycles. The Hall–Kier alpha value is -1.14. The minimum atomic E-state index is -0.877. The summed E-state index contributed by atoms with van der Waals surface area (Å²) >= 11 is 0. The second-order valence-corrected chi connectivity index (χ2v) is 5.72. The van der Waals surface area contributed by atoms with E-state index in [1.807, 2.05) is 0 Å². The maximum Gasteiger partial charge on any atom is 0.306 e. The molecule has 1 unspecified atom stereocenters. The molecule has 0 spiro atoms. The number of amides is 1. The average molecular weight is 270 g/mol. The van der Waals surface area contributed by atoms with Gasteiger partial charge in [0.1, 0.15) is 5.54 Å². The summed E-state index contributed by atoms with van der Waals surface area (Å²) in [4.78, 5) is 22.8. The monoisotopic (exact) mass is 270 g/mol. The summed E-state index contributed by atoms with van der Waals surface area (Å²) in [6.07, 6.45) is 3.67. The molecule has 108 valence electrons. The lowest BCUT2D eigenvalue weighted by Crippen LogP contribution is -2.55. The maximum absolute atomic E-state index is 12.0. The van der Waals surface area contributed by atoms with Crippen LogP contribution in [0.3, 0.4) is 0 Å². The molecular weight excluding hydrogens is 248 g/mol. The first-order chi connectivity index (χ1) is 9.01. The van der Waals surface area contributed by atoms with E-state index in [1.165, 1.54) is 0 Å². The molecule has 1 atom stereocenters. The van der Waals surface area contributed by atoms with Crippen LogP contribution in [-0.4, -0.2) is 42.3 Å². The highest BCUT2D eigenvalue weighted by atomic mass is 16.5. The summed E-state index contributed by atoms with van der Waals surface area (Å²) in [5.74, 6) is -0.696. The number of carboxylic acids is 1. The van der Waals surface area contributed by atoms with Crippen LogP contribution in [0.15, 0.2) is 0 Å². The predicted octanol–water partition coefficient (Wildman–Crippen LogP) is 0.111. The fraction of sp³-hybridized carbons (Fsp3) is 0.846. The predicted molar refractivity (Wildman–Crippen MR) is 68.4 cm³/mol. The zero-order valence-corrected chi connectivity index (χ0v) is 11.1. The number of hydrogen-bond acceptors (Lipinski definition) is 4. The molecule has 0 bridgehead atoms. The number of nitrogens with one attached hydrogen (secondary N) is 1. The van der Waals surface area contributed by atoms with Gasteiger partial charge in [-0.2, -0.15) is 0 Å². The summed E-state index contributed by atoms with van der Waals surface area (Å²) in [5.41, 5.74) is 5.09. The Morgan fingerprint density at radius 2 is 2.00 bits per heavy atom. The minimum Gasteiger partial charge on any atom is -0.481 e. The molecule has 1 heterocycles. The van der Waals surface area contributed by atoms with Crippen LogP contribution in [0.4, 0.5) is 0 Å². The van der Waals surface area contributed by atoms with E-state index in [4.69, 9.17) is 15.6 Å². The largest absolute Gasteiger partial charge is 0.481 e. The first-order valence-electron chi connectivity index (χ1n) is 6.89. The summed E-state index contributed by atoms with van der Waals surface area (Å²) in [7, 11) is 0. The second-order valence-electron chi connectivity index (χ2n) is 5.72. The van der Waals surface area contributed by atoms with Crippen LogP contribution in [0.25, 0.3) is 0 Å². The van der Waals surface area contributed by atoms with Crippen molar-refractivity contribution in [1.82, 2.24) is 5.32 Å². The smallest absolute Gasteiger partial charge is 0.306 e. The second kappa shape index (κ2) is 5.88. The number of carbonyl (C=O) groups excluding carboxylic acids is 1. The van der Waals surface area contributed by atoms with Crippen molar-refractivity contribution in [2.45, 2.75) is 37.6 Å². The van der Waals surface area contributed by atoms with Gasteiger partial charge in [-0.1, -0.05) is 0 Å². The Morgan fingerprint density at radius 1 is 1.32 bits per heavy atom. The third-order valence-electron chi connectivity index (χ3n) is 4.25. The van der Waals surface area contributed by atoms with Crippen LogP contribution in [-0.2, 0) is 14.3 Å². The Morgan fingerprint density at radius 3 is 2.53 bits per heavy atom. The number of carboxylic acid groups (broad SMARTS) is 1. The Balaban J connectivity index is 1.72. The Labute approximate surface area is 112 Å². The lowest BCUT2D eigenvalue weighted by molar-refractivity contribution is -0.143. The number of hydrogen-bond donors (Lipinski definition) is 3. The lowest BCUT2D eigenvalue weighted by atomic mass is 9.82. The first kappa shape index (κ1) is 14.3. The topological polar surface area (TPSA) is 102 Å². The van der Waals surface area contributed by atoms with Gasteiger partial charge in [0.25, 0.3) is 0 Å². The van der Waals surface area contributed by atoms with Crippen molar-refractivity contribution < 1.29 is 19.4 Å². The van der Waals surface area contributed by atoms with Gasteiger partial charge in [0, 0.05) is 13.2 Å². The summed E-state index contributed by atoms with van der Waals surface area (Å²) in [6.45, 7) is 1.41. The SMILES string of the molecule is NC1(C(=O)NCC2CCC(C(=O)O)CC2)CCOC1. The van der Waals surface area contributed by atoms with Crippen LogP contribution < -0.4 is 11.1 Å². The Bertz CT molecular complexity index is 345. The van der Waals surface area contributed by atoms with Gasteiger partial charge >= 0.3 is 5.97 Å². The van der Waals surface area contributed by atoms with E-state index in [-0.39, 0.29) is 18.4 Å². The molecule has 0 aromatic heterocycles. The van der Waals surface area contributed by atoms with Crippen molar-refractivity contribution in [2.24, 2.45) is 17.6 Å². The normalized spacial score (nSPS) is 35.0. The summed E-state index contributed by atoms with van der Waals surface area (Å²) < 4.78 is 5.16. The van der Waals surface area contributed by atoms with Gasteiger partial charge in [-0.05, 0) is 38.0 Å². The molecule has 2 fully saturated rings. The van der Waals surface area contributed by atoms with Gasteiger partial charge in [0.05, 0.1) is 12.5 Å². The first-order valence-corrected chi connectivity index (χ1v) is 6.89. The van der Waals surface area contributed by atoms with Gasteiger partial charge in [0.15, 0.2) is 0 Å². The molecule has 6 heteroatoms. The molecule has 1 aliphatic heterocycles. The molecule has 4 N–H and O–H groups in total. The fourth-order valence-corrected chi connectivity index (χ4v) is 2.79. The van der Waals surface area contributed by atoms with E-state index < -0.39 is 11.5 Å². The highest BCUT2D eigenvalue weighted by molar-refractivity contribution is 5.86. The van der Waals surface area contributed by atoms with E-state index in [9.17, 15) is 9.59 Å². The number of nitrogens with two attached hydrogens (primary N) is 1. The van der Waals surface area contributed by atoms with Gasteiger partial charge in [-0.3, -0.25) is 9.59 Å². The summed E-state index contributed by atoms with van der Waals surface area (Å²) in [6, 6.07) is 0. The molecule has 2 aliphatic rings. The minimum absolute atomic E-state index is 0.148. The zero-order valence-electron chi connectivity index (χ0n) is 11.1. The molecule has 2 rings (SSSR count). The van der Waals surface area contributed by atoms with Gasteiger partial charge in [0.2, 0.25) is 5.91 Å². The molecule has 6 nitrogen and oxygen atoms in total. The van der Waals surface area contributed by atoms with E-state index >= 15 is 0 Å². The van der Waals surface area contributed by atoms with E-state index in [0.717, 1.165) is 12.8 Å². The number of ether oxygens (including phenoxy) is 1. The van der Waals surface area contributed by atoms with Gasteiger partial charge in [-0.15, -0.1) is 0 Å². The van der Waals surface area contributed by atoms with Crippen LogP contribution in [0.5, 0.6) is 0 Å². The van der Waals surface area contributed by atoms with E-state index in [1.54, 1.807) is 0 Å². The molecule has 1 amide bonds. The van der Waals surface area contributed by atoms with Crippen molar-refractivity contribution in [3.63, 3.8) is 0 Å².